The Morgan fingerprint density at radius 2 is 2.29 bits per heavy atom. The molecule has 4 nitrogen and oxygen atoms in total. The molecule has 2 aromatic heterocycles. The van der Waals surface area contributed by atoms with E-state index in [0.717, 1.165) is 34.2 Å². The minimum absolute atomic E-state index is 0.228. The summed E-state index contributed by atoms with van der Waals surface area (Å²) in [5.74, 6) is 0. The molecule has 0 aromatic carbocycles. The third kappa shape index (κ3) is 2.00. The zero-order valence-corrected chi connectivity index (χ0v) is 10.8. The Balaban J connectivity index is 2.10. The summed E-state index contributed by atoms with van der Waals surface area (Å²) in [5.41, 5.74) is 2.82. The number of hydrogen-bond acceptors (Lipinski definition) is 4. The van der Waals surface area contributed by atoms with Crippen LogP contribution in [0.25, 0.3) is 11.0 Å². The first kappa shape index (κ1) is 10.9. The third-order valence-corrected chi connectivity index (χ3v) is 3.46. The van der Waals surface area contributed by atoms with Crippen LogP contribution in [-0.4, -0.2) is 34.3 Å². The van der Waals surface area contributed by atoms with Gasteiger partial charge in [-0.3, -0.25) is 9.97 Å². The van der Waals surface area contributed by atoms with E-state index in [2.05, 4.69) is 30.8 Å². The van der Waals surface area contributed by atoms with Crippen molar-refractivity contribution >= 4 is 32.7 Å². The quantitative estimate of drug-likeness (QED) is 0.873. The lowest BCUT2D eigenvalue weighted by atomic mass is 10.2. The Bertz CT molecular complexity index is 560. The van der Waals surface area contributed by atoms with Gasteiger partial charge >= 0.3 is 0 Å². The lowest BCUT2D eigenvalue weighted by Gasteiger charge is -2.18. The van der Waals surface area contributed by atoms with E-state index in [9.17, 15) is 5.11 Å². The predicted octanol–water partition coefficient (Wildman–Crippen LogP) is 1.96. The molecule has 0 bridgehead atoms. The van der Waals surface area contributed by atoms with Crippen LogP contribution in [0.4, 0.5) is 5.69 Å². The summed E-state index contributed by atoms with van der Waals surface area (Å²) in [6.07, 6.45) is 4.16. The van der Waals surface area contributed by atoms with E-state index in [1.807, 2.05) is 12.1 Å². The molecule has 0 aliphatic carbocycles. The molecule has 3 rings (SSSR count). The normalized spacial score (nSPS) is 20.1. The first-order valence-corrected chi connectivity index (χ1v) is 6.36. The van der Waals surface area contributed by atoms with Crippen LogP contribution in [0.1, 0.15) is 6.42 Å². The molecular formula is C12H12BrN3O. The van der Waals surface area contributed by atoms with Gasteiger partial charge in [0.25, 0.3) is 0 Å². The largest absolute Gasteiger partial charge is 0.391 e. The topological polar surface area (TPSA) is 49.2 Å². The summed E-state index contributed by atoms with van der Waals surface area (Å²) in [6.45, 7) is 1.55. The number of rotatable bonds is 1. The van der Waals surface area contributed by atoms with Gasteiger partial charge in [-0.1, -0.05) is 0 Å². The molecule has 0 saturated carbocycles. The van der Waals surface area contributed by atoms with Crippen molar-refractivity contribution in [2.75, 3.05) is 18.0 Å². The SMILES string of the molecule is O[C@H]1CCN(c2ccnc3cc(Br)cnc23)C1. The second-order valence-electron chi connectivity index (χ2n) is 4.24. The molecule has 0 amide bonds. The van der Waals surface area contributed by atoms with Crippen LogP contribution in [0.2, 0.25) is 0 Å². The van der Waals surface area contributed by atoms with Gasteiger partial charge in [-0.15, -0.1) is 0 Å². The number of halogens is 1. The Labute approximate surface area is 107 Å². The molecule has 1 N–H and O–H groups in total. The molecule has 0 radical (unpaired) electrons. The number of pyridine rings is 2. The molecule has 17 heavy (non-hydrogen) atoms. The van der Waals surface area contributed by atoms with Crippen molar-refractivity contribution in [2.24, 2.45) is 0 Å². The number of hydrogen-bond donors (Lipinski definition) is 1. The molecule has 3 heterocycles. The van der Waals surface area contributed by atoms with E-state index < -0.39 is 0 Å². The van der Waals surface area contributed by atoms with Crippen LogP contribution >= 0.6 is 15.9 Å². The minimum atomic E-state index is -0.228. The van der Waals surface area contributed by atoms with Gasteiger partial charge in [0.05, 0.1) is 17.3 Å². The number of β-amino-alcohol motifs (C(OH)–C–C–N with tert-alkyl or cyclic N) is 1. The van der Waals surface area contributed by atoms with Crippen molar-refractivity contribution in [3.05, 3.63) is 29.0 Å². The van der Waals surface area contributed by atoms with Gasteiger partial charge in [-0.2, -0.15) is 0 Å². The van der Waals surface area contributed by atoms with E-state index in [1.54, 1.807) is 12.4 Å². The van der Waals surface area contributed by atoms with Crippen LogP contribution in [0.15, 0.2) is 29.0 Å². The zero-order chi connectivity index (χ0) is 11.8. The number of nitrogens with zero attached hydrogens (tertiary/aromatic N) is 3. The minimum Gasteiger partial charge on any atom is -0.391 e. The fraction of sp³-hybridized carbons (Fsp3) is 0.333. The van der Waals surface area contributed by atoms with E-state index in [4.69, 9.17) is 0 Å². The van der Waals surface area contributed by atoms with Crippen molar-refractivity contribution in [3.63, 3.8) is 0 Å². The van der Waals surface area contributed by atoms with Gasteiger partial charge in [0, 0.05) is 30.0 Å². The number of fused-ring (bicyclic) bond motifs is 1. The van der Waals surface area contributed by atoms with E-state index in [-0.39, 0.29) is 6.10 Å². The highest BCUT2D eigenvalue weighted by Gasteiger charge is 2.22. The summed E-state index contributed by atoms with van der Waals surface area (Å²) in [7, 11) is 0. The van der Waals surface area contributed by atoms with Crippen LogP contribution in [0.5, 0.6) is 0 Å². The average Bonchev–Trinajstić information content (AvgIpc) is 2.74. The number of aromatic nitrogens is 2. The molecule has 1 aliphatic rings. The first-order valence-electron chi connectivity index (χ1n) is 5.57. The average molecular weight is 294 g/mol. The molecule has 88 valence electrons. The van der Waals surface area contributed by atoms with Gasteiger partial charge in [-0.25, -0.2) is 0 Å². The standard InChI is InChI=1S/C12H12BrN3O/c13-8-5-10-12(15-6-8)11(1-3-14-10)16-4-2-9(17)7-16/h1,3,5-6,9,17H,2,4,7H2/t9-/m0/s1. The second-order valence-corrected chi connectivity index (χ2v) is 5.16. The maximum absolute atomic E-state index is 9.59. The van der Waals surface area contributed by atoms with E-state index in [1.165, 1.54) is 0 Å². The molecule has 1 saturated heterocycles. The molecule has 0 unspecified atom stereocenters. The molecule has 1 fully saturated rings. The molecular weight excluding hydrogens is 282 g/mol. The fourth-order valence-corrected chi connectivity index (χ4v) is 2.53. The fourth-order valence-electron chi connectivity index (χ4n) is 2.21. The van der Waals surface area contributed by atoms with Crippen molar-refractivity contribution in [2.45, 2.75) is 12.5 Å². The smallest absolute Gasteiger partial charge is 0.112 e. The highest BCUT2D eigenvalue weighted by molar-refractivity contribution is 9.10. The highest BCUT2D eigenvalue weighted by Crippen LogP contribution is 2.27. The zero-order valence-electron chi connectivity index (χ0n) is 9.17. The van der Waals surface area contributed by atoms with Crippen LogP contribution in [-0.2, 0) is 0 Å². The van der Waals surface area contributed by atoms with E-state index >= 15 is 0 Å². The van der Waals surface area contributed by atoms with Crippen molar-refractivity contribution in [3.8, 4) is 0 Å². The maximum Gasteiger partial charge on any atom is 0.112 e. The predicted molar refractivity (Wildman–Crippen MR) is 70.1 cm³/mol. The molecule has 0 spiro atoms. The van der Waals surface area contributed by atoms with Crippen molar-refractivity contribution in [1.29, 1.82) is 0 Å². The first-order chi connectivity index (χ1) is 8.24. The lowest BCUT2D eigenvalue weighted by molar-refractivity contribution is 0.198. The van der Waals surface area contributed by atoms with Gasteiger partial charge < -0.3 is 10.0 Å². The Hall–Kier alpha value is -1.20. The Morgan fingerprint density at radius 1 is 1.41 bits per heavy atom. The summed E-state index contributed by atoms with van der Waals surface area (Å²) in [5, 5.41) is 9.59. The lowest BCUT2D eigenvalue weighted by Crippen LogP contribution is -2.21. The monoisotopic (exact) mass is 293 g/mol. The van der Waals surface area contributed by atoms with E-state index in [0.29, 0.717) is 6.54 Å². The second kappa shape index (κ2) is 4.23. The summed E-state index contributed by atoms with van der Waals surface area (Å²) in [6, 6.07) is 3.92. The summed E-state index contributed by atoms with van der Waals surface area (Å²) >= 11 is 3.39. The van der Waals surface area contributed by atoms with Crippen LogP contribution in [0, 0.1) is 0 Å². The highest BCUT2D eigenvalue weighted by atomic mass is 79.9. The number of aliphatic hydroxyl groups is 1. The maximum atomic E-state index is 9.59. The van der Waals surface area contributed by atoms with Crippen molar-refractivity contribution < 1.29 is 5.11 Å². The van der Waals surface area contributed by atoms with Gasteiger partial charge in [0.2, 0.25) is 0 Å². The Kier molecular flexibility index (Phi) is 2.72. The van der Waals surface area contributed by atoms with Crippen molar-refractivity contribution in [1.82, 2.24) is 9.97 Å². The van der Waals surface area contributed by atoms with Crippen LogP contribution in [0.3, 0.4) is 0 Å². The van der Waals surface area contributed by atoms with Gasteiger partial charge in [0.1, 0.15) is 5.52 Å². The van der Waals surface area contributed by atoms with Gasteiger partial charge in [-0.05, 0) is 34.5 Å². The molecule has 1 atom stereocenters. The third-order valence-electron chi connectivity index (χ3n) is 3.03. The molecule has 2 aromatic rings. The number of aliphatic hydroxyl groups excluding tert-OH is 1. The molecule has 1 aliphatic heterocycles. The number of anilines is 1. The Morgan fingerprint density at radius 3 is 3.06 bits per heavy atom. The molecule has 5 heteroatoms. The summed E-state index contributed by atoms with van der Waals surface area (Å²) in [4.78, 5) is 10.9. The van der Waals surface area contributed by atoms with Gasteiger partial charge in [0.15, 0.2) is 0 Å². The van der Waals surface area contributed by atoms with Crippen LogP contribution < -0.4 is 4.90 Å². The summed E-state index contributed by atoms with van der Waals surface area (Å²) < 4.78 is 0.927.